The summed E-state index contributed by atoms with van der Waals surface area (Å²) in [5, 5.41) is 6.89. The van der Waals surface area contributed by atoms with Crippen LogP contribution in [0.2, 0.25) is 0 Å². The van der Waals surface area contributed by atoms with E-state index in [9.17, 15) is 9.59 Å². The van der Waals surface area contributed by atoms with Gasteiger partial charge in [-0.05, 0) is 37.8 Å². The van der Waals surface area contributed by atoms with Gasteiger partial charge in [-0.3, -0.25) is 24.4 Å². The van der Waals surface area contributed by atoms with Gasteiger partial charge >= 0.3 is 0 Å². The predicted octanol–water partition coefficient (Wildman–Crippen LogP) is 0.823. The van der Waals surface area contributed by atoms with Crippen molar-refractivity contribution in [1.82, 2.24) is 19.9 Å². The maximum atomic E-state index is 12.8. The van der Waals surface area contributed by atoms with Gasteiger partial charge in [0.1, 0.15) is 0 Å². The molecular formula is C22H27N5O5. The second kappa shape index (κ2) is 9.47. The summed E-state index contributed by atoms with van der Waals surface area (Å²) < 4.78 is 5.42. The highest BCUT2D eigenvalue weighted by atomic mass is 16.5. The summed E-state index contributed by atoms with van der Waals surface area (Å²) >= 11 is 0. The number of carboxylic acid groups (broad SMARTS) is 1. The fourth-order valence-corrected chi connectivity index (χ4v) is 4.86. The molecule has 0 aromatic carbocycles. The molecule has 2 N–H and O–H groups in total. The Bertz CT molecular complexity index is 1010. The summed E-state index contributed by atoms with van der Waals surface area (Å²) in [5.41, 5.74) is 2.29. The number of morpholine rings is 1. The normalized spacial score (nSPS) is 19.1. The van der Waals surface area contributed by atoms with E-state index in [0.29, 0.717) is 37.8 Å². The molecular weight excluding hydrogens is 414 g/mol. The molecule has 2 fully saturated rings. The number of rotatable bonds is 2. The van der Waals surface area contributed by atoms with Crippen LogP contribution in [0.4, 0.5) is 5.95 Å². The Kier molecular flexibility index (Phi) is 6.50. The van der Waals surface area contributed by atoms with E-state index in [4.69, 9.17) is 19.6 Å². The van der Waals surface area contributed by atoms with Crippen LogP contribution in [0.1, 0.15) is 40.9 Å². The standard InChI is InChI=1S/C21H25N5O3.CH2O2/c27-18-16-3-4-21(17(16)23-20(24-18)26-10-12-29-13-11-26)5-8-25(9-6-21)19(28)15-2-1-7-22-14-15;2-1-3/h1-2,7,14H,3-6,8-13H2,(H,23,24,27);1H,(H,2,3). The second-order valence-corrected chi connectivity index (χ2v) is 8.24. The van der Waals surface area contributed by atoms with E-state index in [0.717, 1.165) is 50.0 Å². The van der Waals surface area contributed by atoms with Crippen LogP contribution in [-0.4, -0.2) is 76.7 Å². The highest BCUT2D eigenvalue weighted by molar-refractivity contribution is 5.93. The molecule has 2 aromatic rings. The summed E-state index contributed by atoms with van der Waals surface area (Å²) in [4.78, 5) is 49.8. The molecule has 1 amide bonds. The zero-order valence-corrected chi connectivity index (χ0v) is 17.8. The number of carbonyl (C=O) groups is 2. The molecule has 3 aliphatic rings. The Morgan fingerprint density at radius 3 is 2.56 bits per heavy atom. The molecule has 0 atom stereocenters. The van der Waals surface area contributed by atoms with E-state index >= 15 is 0 Å². The van der Waals surface area contributed by atoms with Crippen LogP contribution in [0.5, 0.6) is 0 Å². The zero-order chi connectivity index (χ0) is 22.6. The quantitative estimate of drug-likeness (QED) is 0.656. The average Bonchev–Trinajstić information content (AvgIpc) is 3.19. The molecule has 2 saturated heterocycles. The first-order valence-electron chi connectivity index (χ1n) is 10.8. The van der Waals surface area contributed by atoms with Crippen LogP contribution in [0.25, 0.3) is 0 Å². The molecule has 2 aliphatic heterocycles. The highest BCUT2D eigenvalue weighted by Crippen LogP contribution is 2.44. The first-order valence-corrected chi connectivity index (χ1v) is 10.8. The number of amides is 1. The fraction of sp³-hybridized carbons (Fsp3) is 0.500. The minimum absolute atomic E-state index is 0.0118. The molecule has 170 valence electrons. The van der Waals surface area contributed by atoms with Crippen molar-refractivity contribution in [3.63, 3.8) is 0 Å². The SMILES string of the molecule is O=C(c1cccnc1)N1CCC2(CCc3c2nc(N2CCOCC2)[nH]c3=O)CC1.O=CO. The molecule has 0 unspecified atom stereocenters. The lowest BCUT2D eigenvalue weighted by Crippen LogP contribution is -2.45. The number of carbonyl (C=O) groups excluding carboxylic acids is 1. The third-order valence-electron chi connectivity index (χ3n) is 6.59. The molecule has 32 heavy (non-hydrogen) atoms. The molecule has 2 aromatic heterocycles. The van der Waals surface area contributed by atoms with E-state index in [1.165, 1.54) is 0 Å². The molecule has 0 radical (unpaired) electrons. The summed E-state index contributed by atoms with van der Waals surface area (Å²) in [6.07, 6.45) is 6.66. The third-order valence-corrected chi connectivity index (χ3v) is 6.59. The second-order valence-electron chi connectivity index (χ2n) is 8.24. The number of piperidine rings is 1. The zero-order valence-electron chi connectivity index (χ0n) is 17.8. The van der Waals surface area contributed by atoms with Crippen molar-refractivity contribution in [2.24, 2.45) is 0 Å². The number of anilines is 1. The van der Waals surface area contributed by atoms with Gasteiger partial charge in [0, 0.05) is 49.6 Å². The molecule has 4 heterocycles. The first-order chi connectivity index (χ1) is 15.6. The summed E-state index contributed by atoms with van der Waals surface area (Å²) in [7, 11) is 0. The van der Waals surface area contributed by atoms with Crippen molar-refractivity contribution in [2.75, 3.05) is 44.3 Å². The monoisotopic (exact) mass is 441 g/mol. The summed E-state index contributed by atoms with van der Waals surface area (Å²) in [5.74, 6) is 0.686. The lowest BCUT2D eigenvalue weighted by atomic mass is 9.76. The number of nitrogens with one attached hydrogen (secondary N) is 1. The first kappa shape index (κ1) is 21.9. The summed E-state index contributed by atoms with van der Waals surface area (Å²) in [6, 6.07) is 3.59. The smallest absolute Gasteiger partial charge is 0.290 e. The predicted molar refractivity (Wildman–Crippen MR) is 116 cm³/mol. The molecule has 1 aliphatic carbocycles. The van der Waals surface area contributed by atoms with Gasteiger partial charge in [-0.2, -0.15) is 0 Å². The highest BCUT2D eigenvalue weighted by Gasteiger charge is 2.45. The number of hydrogen-bond acceptors (Lipinski definition) is 7. The molecule has 0 bridgehead atoms. The number of aromatic nitrogens is 3. The Labute approximate surface area is 185 Å². The number of hydrogen-bond donors (Lipinski definition) is 2. The Hall–Kier alpha value is -3.27. The van der Waals surface area contributed by atoms with Crippen molar-refractivity contribution < 1.29 is 19.4 Å². The van der Waals surface area contributed by atoms with Crippen LogP contribution >= 0.6 is 0 Å². The lowest BCUT2D eigenvalue weighted by molar-refractivity contribution is -0.122. The molecule has 0 saturated carbocycles. The molecule has 1 spiro atoms. The largest absolute Gasteiger partial charge is 0.483 e. The number of nitrogens with zero attached hydrogens (tertiary/aromatic N) is 4. The van der Waals surface area contributed by atoms with Crippen molar-refractivity contribution in [3.8, 4) is 0 Å². The van der Waals surface area contributed by atoms with Crippen LogP contribution in [0.15, 0.2) is 29.3 Å². The number of pyridine rings is 1. The fourth-order valence-electron chi connectivity index (χ4n) is 4.86. The van der Waals surface area contributed by atoms with Crippen molar-refractivity contribution in [2.45, 2.75) is 31.1 Å². The molecule has 10 heteroatoms. The Balaban J connectivity index is 0.000000775. The van der Waals surface area contributed by atoms with E-state index in [1.54, 1.807) is 24.5 Å². The van der Waals surface area contributed by atoms with Gasteiger partial charge in [0.2, 0.25) is 5.95 Å². The Morgan fingerprint density at radius 2 is 1.91 bits per heavy atom. The van der Waals surface area contributed by atoms with E-state index < -0.39 is 0 Å². The molecule has 5 rings (SSSR count). The van der Waals surface area contributed by atoms with Gasteiger partial charge in [-0.15, -0.1) is 0 Å². The number of H-pyrrole nitrogens is 1. The van der Waals surface area contributed by atoms with E-state index in [-0.39, 0.29) is 23.4 Å². The maximum Gasteiger partial charge on any atom is 0.290 e. The van der Waals surface area contributed by atoms with E-state index in [1.807, 2.05) is 4.90 Å². The number of ether oxygens (including phenoxy) is 1. The number of fused-ring (bicyclic) bond motifs is 2. The topological polar surface area (TPSA) is 129 Å². The lowest BCUT2D eigenvalue weighted by Gasteiger charge is -2.39. The van der Waals surface area contributed by atoms with Crippen molar-refractivity contribution >= 4 is 18.3 Å². The van der Waals surface area contributed by atoms with Gasteiger partial charge in [-0.1, -0.05) is 0 Å². The minimum Gasteiger partial charge on any atom is -0.483 e. The van der Waals surface area contributed by atoms with Crippen molar-refractivity contribution in [3.05, 3.63) is 51.7 Å². The van der Waals surface area contributed by atoms with Gasteiger partial charge in [0.25, 0.3) is 17.9 Å². The van der Waals surface area contributed by atoms with Crippen LogP contribution in [0.3, 0.4) is 0 Å². The Morgan fingerprint density at radius 1 is 1.19 bits per heavy atom. The number of likely N-dealkylation sites (tertiary alicyclic amines) is 1. The van der Waals surface area contributed by atoms with Gasteiger partial charge in [0.15, 0.2) is 0 Å². The van der Waals surface area contributed by atoms with Crippen LogP contribution < -0.4 is 10.5 Å². The summed E-state index contributed by atoms with van der Waals surface area (Å²) in [6.45, 7) is 3.88. The number of aromatic amines is 1. The van der Waals surface area contributed by atoms with Crippen LogP contribution in [-0.2, 0) is 21.4 Å². The maximum absolute atomic E-state index is 12.8. The molecule has 10 nitrogen and oxygen atoms in total. The van der Waals surface area contributed by atoms with Gasteiger partial charge in [-0.25, -0.2) is 4.98 Å². The van der Waals surface area contributed by atoms with Crippen molar-refractivity contribution in [1.29, 1.82) is 0 Å². The average molecular weight is 441 g/mol. The van der Waals surface area contributed by atoms with Gasteiger partial charge in [0.05, 0.1) is 24.5 Å². The van der Waals surface area contributed by atoms with Crippen LogP contribution in [0, 0.1) is 0 Å². The van der Waals surface area contributed by atoms with Gasteiger partial charge < -0.3 is 19.6 Å². The minimum atomic E-state index is -0.250. The third kappa shape index (κ3) is 4.22. The van der Waals surface area contributed by atoms with E-state index in [2.05, 4.69) is 14.9 Å².